The second-order valence-electron chi connectivity index (χ2n) is 4.27. The summed E-state index contributed by atoms with van der Waals surface area (Å²) in [5.41, 5.74) is 6.01. The van der Waals surface area contributed by atoms with Crippen LogP contribution in [0.25, 0.3) is 0 Å². The Hall–Kier alpha value is -1.71. The number of nitrogen functional groups attached to an aromatic ring is 1. The van der Waals surface area contributed by atoms with E-state index in [1.807, 2.05) is 20.8 Å². The molecule has 0 aliphatic heterocycles. The summed E-state index contributed by atoms with van der Waals surface area (Å²) in [5, 5.41) is 8.86. The standard InChI is InChI=1S/C12H17NO3/c1-4-12(2,3)16-10-7-8(11(14)15)5-6-9(10)13/h5-7H,4,13H2,1-3H3,(H,14,15). The van der Waals surface area contributed by atoms with Crippen molar-refractivity contribution in [2.24, 2.45) is 0 Å². The van der Waals surface area contributed by atoms with Crippen molar-refractivity contribution in [3.63, 3.8) is 0 Å². The summed E-state index contributed by atoms with van der Waals surface area (Å²) in [6.07, 6.45) is 0.809. The van der Waals surface area contributed by atoms with E-state index in [-0.39, 0.29) is 11.2 Å². The maximum atomic E-state index is 10.8. The van der Waals surface area contributed by atoms with Crippen LogP contribution in [0.15, 0.2) is 18.2 Å². The van der Waals surface area contributed by atoms with Crippen molar-refractivity contribution in [3.8, 4) is 5.75 Å². The summed E-state index contributed by atoms with van der Waals surface area (Å²) >= 11 is 0. The Morgan fingerprint density at radius 3 is 2.62 bits per heavy atom. The lowest BCUT2D eigenvalue weighted by molar-refractivity contribution is 0.0693. The van der Waals surface area contributed by atoms with Crippen LogP contribution in [0, 0.1) is 0 Å². The van der Waals surface area contributed by atoms with Gasteiger partial charge < -0.3 is 15.6 Å². The Labute approximate surface area is 95.0 Å². The van der Waals surface area contributed by atoms with E-state index in [0.717, 1.165) is 6.42 Å². The number of anilines is 1. The summed E-state index contributed by atoms with van der Waals surface area (Å²) in [7, 11) is 0. The van der Waals surface area contributed by atoms with Gasteiger partial charge in [-0.05, 0) is 38.5 Å². The highest BCUT2D eigenvalue weighted by Gasteiger charge is 2.19. The highest BCUT2D eigenvalue weighted by atomic mass is 16.5. The number of rotatable bonds is 4. The molecule has 0 fully saturated rings. The summed E-state index contributed by atoms with van der Waals surface area (Å²) in [6, 6.07) is 4.46. The molecule has 0 aromatic heterocycles. The quantitative estimate of drug-likeness (QED) is 0.769. The minimum atomic E-state index is -0.987. The van der Waals surface area contributed by atoms with E-state index in [1.54, 1.807) is 6.07 Å². The van der Waals surface area contributed by atoms with Crippen molar-refractivity contribution in [2.75, 3.05) is 5.73 Å². The van der Waals surface area contributed by atoms with Crippen LogP contribution in [0.5, 0.6) is 5.75 Å². The summed E-state index contributed by atoms with van der Waals surface area (Å²) in [6.45, 7) is 5.86. The lowest BCUT2D eigenvalue weighted by Crippen LogP contribution is -2.27. The first kappa shape index (κ1) is 12.4. The van der Waals surface area contributed by atoms with Gasteiger partial charge in [-0.1, -0.05) is 6.92 Å². The van der Waals surface area contributed by atoms with Gasteiger partial charge in [0.25, 0.3) is 0 Å². The number of aromatic carboxylic acids is 1. The SMILES string of the molecule is CCC(C)(C)Oc1cc(C(=O)O)ccc1N. The molecule has 0 amide bonds. The molecule has 0 aliphatic rings. The van der Waals surface area contributed by atoms with Gasteiger partial charge in [0.05, 0.1) is 11.3 Å². The Bertz CT molecular complexity index is 399. The zero-order valence-corrected chi connectivity index (χ0v) is 9.78. The average Bonchev–Trinajstić information content (AvgIpc) is 2.21. The average molecular weight is 223 g/mol. The fraction of sp³-hybridized carbons (Fsp3) is 0.417. The van der Waals surface area contributed by atoms with Crippen LogP contribution in [0.1, 0.15) is 37.6 Å². The van der Waals surface area contributed by atoms with E-state index in [0.29, 0.717) is 11.4 Å². The fourth-order valence-electron chi connectivity index (χ4n) is 1.13. The van der Waals surface area contributed by atoms with Crippen molar-refractivity contribution in [2.45, 2.75) is 32.8 Å². The van der Waals surface area contributed by atoms with E-state index in [1.165, 1.54) is 12.1 Å². The highest BCUT2D eigenvalue weighted by molar-refractivity contribution is 5.89. The van der Waals surface area contributed by atoms with Gasteiger partial charge in [-0.2, -0.15) is 0 Å². The van der Waals surface area contributed by atoms with Crippen LogP contribution in [-0.2, 0) is 0 Å². The highest BCUT2D eigenvalue weighted by Crippen LogP contribution is 2.28. The van der Waals surface area contributed by atoms with E-state index in [2.05, 4.69) is 0 Å². The molecule has 0 bridgehead atoms. The number of hydrogen-bond acceptors (Lipinski definition) is 3. The molecule has 1 rings (SSSR count). The maximum absolute atomic E-state index is 10.8. The zero-order chi connectivity index (χ0) is 12.3. The van der Waals surface area contributed by atoms with Gasteiger partial charge >= 0.3 is 5.97 Å². The maximum Gasteiger partial charge on any atom is 0.335 e. The zero-order valence-electron chi connectivity index (χ0n) is 9.78. The topological polar surface area (TPSA) is 72.5 Å². The summed E-state index contributed by atoms with van der Waals surface area (Å²) < 4.78 is 5.68. The number of benzene rings is 1. The summed E-state index contributed by atoms with van der Waals surface area (Å²) in [4.78, 5) is 10.8. The number of hydrogen-bond donors (Lipinski definition) is 2. The molecule has 4 heteroatoms. The predicted molar refractivity (Wildman–Crippen MR) is 62.8 cm³/mol. The molecule has 1 aromatic carbocycles. The van der Waals surface area contributed by atoms with Crippen molar-refractivity contribution in [1.82, 2.24) is 0 Å². The first-order chi connectivity index (χ1) is 7.35. The smallest absolute Gasteiger partial charge is 0.335 e. The molecule has 0 saturated heterocycles. The van der Waals surface area contributed by atoms with Gasteiger partial charge in [0, 0.05) is 0 Å². The monoisotopic (exact) mass is 223 g/mol. The van der Waals surface area contributed by atoms with Crippen molar-refractivity contribution < 1.29 is 14.6 Å². The number of nitrogens with two attached hydrogens (primary N) is 1. The van der Waals surface area contributed by atoms with Gasteiger partial charge in [-0.15, -0.1) is 0 Å². The Balaban J connectivity index is 3.03. The molecule has 0 saturated carbocycles. The van der Waals surface area contributed by atoms with Crippen LogP contribution in [0.3, 0.4) is 0 Å². The first-order valence-electron chi connectivity index (χ1n) is 5.17. The minimum Gasteiger partial charge on any atom is -0.486 e. The molecule has 88 valence electrons. The Morgan fingerprint density at radius 1 is 1.50 bits per heavy atom. The molecule has 0 aliphatic carbocycles. The minimum absolute atomic E-state index is 0.177. The van der Waals surface area contributed by atoms with Gasteiger partial charge in [0.1, 0.15) is 11.4 Å². The van der Waals surface area contributed by atoms with Crippen LogP contribution < -0.4 is 10.5 Å². The number of carboxylic acids is 1. The third-order valence-corrected chi connectivity index (χ3v) is 2.50. The van der Waals surface area contributed by atoms with Crippen molar-refractivity contribution in [3.05, 3.63) is 23.8 Å². The number of carbonyl (C=O) groups is 1. The Kier molecular flexibility index (Phi) is 3.42. The third-order valence-electron chi connectivity index (χ3n) is 2.50. The molecule has 0 radical (unpaired) electrons. The molecule has 4 nitrogen and oxygen atoms in total. The molecule has 16 heavy (non-hydrogen) atoms. The number of ether oxygens (including phenoxy) is 1. The molecule has 1 aromatic rings. The van der Waals surface area contributed by atoms with E-state index < -0.39 is 5.97 Å². The molecule has 0 atom stereocenters. The van der Waals surface area contributed by atoms with Crippen molar-refractivity contribution >= 4 is 11.7 Å². The third kappa shape index (κ3) is 2.89. The molecular weight excluding hydrogens is 206 g/mol. The lowest BCUT2D eigenvalue weighted by Gasteiger charge is -2.25. The van der Waals surface area contributed by atoms with Crippen LogP contribution in [0.2, 0.25) is 0 Å². The molecule has 0 spiro atoms. The van der Waals surface area contributed by atoms with E-state index in [4.69, 9.17) is 15.6 Å². The second kappa shape index (κ2) is 4.43. The summed E-state index contributed by atoms with van der Waals surface area (Å²) in [5.74, 6) is -0.564. The normalized spacial score (nSPS) is 11.2. The van der Waals surface area contributed by atoms with Gasteiger partial charge in [0.2, 0.25) is 0 Å². The van der Waals surface area contributed by atoms with Gasteiger partial charge in [-0.3, -0.25) is 0 Å². The molecule has 0 unspecified atom stereocenters. The largest absolute Gasteiger partial charge is 0.486 e. The molecule has 0 heterocycles. The van der Waals surface area contributed by atoms with Gasteiger partial charge in [-0.25, -0.2) is 4.79 Å². The second-order valence-corrected chi connectivity index (χ2v) is 4.27. The predicted octanol–water partition coefficient (Wildman–Crippen LogP) is 2.53. The first-order valence-corrected chi connectivity index (χ1v) is 5.17. The fourth-order valence-corrected chi connectivity index (χ4v) is 1.13. The van der Waals surface area contributed by atoms with Crippen LogP contribution >= 0.6 is 0 Å². The molecular formula is C12H17NO3. The van der Waals surface area contributed by atoms with Crippen LogP contribution in [-0.4, -0.2) is 16.7 Å². The lowest BCUT2D eigenvalue weighted by atomic mass is 10.1. The van der Waals surface area contributed by atoms with Crippen molar-refractivity contribution in [1.29, 1.82) is 0 Å². The molecule has 3 N–H and O–H groups in total. The Morgan fingerprint density at radius 2 is 2.12 bits per heavy atom. The number of carboxylic acid groups (broad SMARTS) is 1. The van der Waals surface area contributed by atoms with E-state index in [9.17, 15) is 4.79 Å². The van der Waals surface area contributed by atoms with Gasteiger partial charge in [0.15, 0.2) is 0 Å². The van der Waals surface area contributed by atoms with E-state index >= 15 is 0 Å². The van der Waals surface area contributed by atoms with Crippen LogP contribution in [0.4, 0.5) is 5.69 Å².